The highest BCUT2D eigenvalue weighted by molar-refractivity contribution is 6.01. The number of rotatable bonds is 6. The lowest BCUT2D eigenvalue weighted by molar-refractivity contribution is -0.118. The first-order valence-electron chi connectivity index (χ1n) is 6.54. The van der Waals surface area contributed by atoms with Crippen LogP contribution < -0.4 is 5.73 Å². The molecule has 0 aliphatic heterocycles. The maximum atomic E-state index is 11.2. The number of aromatic carboxylic acids is 1. The van der Waals surface area contributed by atoms with E-state index in [-0.39, 0.29) is 17.9 Å². The highest BCUT2D eigenvalue weighted by Crippen LogP contribution is 2.21. The molecule has 0 unspecified atom stereocenters. The Balaban J connectivity index is 2.57. The summed E-state index contributed by atoms with van der Waals surface area (Å²) in [6, 6.07) is 5.03. The summed E-state index contributed by atoms with van der Waals surface area (Å²) in [5.41, 5.74) is 6.56. The van der Waals surface area contributed by atoms with E-state index in [0.717, 1.165) is 24.2 Å². The van der Waals surface area contributed by atoms with Gasteiger partial charge >= 0.3 is 5.97 Å². The minimum atomic E-state index is -1.00. The second-order valence-corrected chi connectivity index (χ2v) is 4.62. The summed E-state index contributed by atoms with van der Waals surface area (Å²) in [5, 5.41) is 9.21. The topological polar surface area (TPSA) is 98.2 Å². The third-order valence-corrected chi connectivity index (χ3v) is 3.14. The molecule has 106 valence electrons. The van der Waals surface area contributed by atoms with Gasteiger partial charge in [-0.1, -0.05) is 13.0 Å². The molecule has 0 saturated carbocycles. The SMILES string of the molecule is CCCc1nc2c(C(=O)O)cccc2n1CCC(N)=O. The molecule has 20 heavy (non-hydrogen) atoms. The monoisotopic (exact) mass is 275 g/mol. The zero-order valence-corrected chi connectivity index (χ0v) is 11.3. The van der Waals surface area contributed by atoms with Crippen LogP contribution in [-0.2, 0) is 17.8 Å². The van der Waals surface area contributed by atoms with Gasteiger partial charge in [-0.3, -0.25) is 4.79 Å². The second-order valence-electron chi connectivity index (χ2n) is 4.62. The van der Waals surface area contributed by atoms with E-state index in [0.29, 0.717) is 12.1 Å². The molecule has 0 spiro atoms. The number of nitrogens with two attached hydrogens (primary N) is 1. The van der Waals surface area contributed by atoms with Crippen LogP contribution in [0.1, 0.15) is 35.9 Å². The molecule has 1 aromatic heterocycles. The standard InChI is InChI=1S/C14H17N3O3/c1-2-4-12-16-13-9(14(19)20)5-3-6-10(13)17(12)8-7-11(15)18/h3,5-6H,2,4,7-8H2,1H3,(H2,15,18)(H,19,20). The Bertz CT molecular complexity index is 661. The number of amides is 1. The number of nitrogens with zero attached hydrogens (tertiary/aromatic N) is 2. The molecule has 0 fully saturated rings. The van der Waals surface area contributed by atoms with Crippen molar-refractivity contribution in [3.63, 3.8) is 0 Å². The third-order valence-electron chi connectivity index (χ3n) is 3.14. The smallest absolute Gasteiger partial charge is 0.337 e. The number of carboxylic acid groups (broad SMARTS) is 1. The molecule has 0 aliphatic carbocycles. The van der Waals surface area contributed by atoms with Gasteiger partial charge in [0.2, 0.25) is 5.91 Å². The van der Waals surface area contributed by atoms with E-state index in [1.165, 1.54) is 6.07 Å². The highest BCUT2D eigenvalue weighted by Gasteiger charge is 2.16. The molecule has 3 N–H and O–H groups in total. The highest BCUT2D eigenvalue weighted by atomic mass is 16.4. The van der Waals surface area contributed by atoms with Crippen molar-refractivity contribution in [1.82, 2.24) is 9.55 Å². The minimum absolute atomic E-state index is 0.178. The molecule has 2 aromatic rings. The number of hydrogen-bond acceptors (Lipinski definition) is 3. The van der Waals surface area contributed by atoms with Gasteiger partial charge < -0.3 is 15.4 Å². The Morgan fingerprint density at radius 1 is 1.40 bits per heavy atom. The van der Waals surface area contributed by atoms with Gasteiger partial charge in [0, 0.05) is 19.4 Å². The van der Waals surface area contributed by atoms with Gasteiger partial charge in [-0.15, -0.1) is 0 Å². The number of primary amides is 1. The quantitative estimate of drug-likeness (QED) is 0.835. The van der Waals surface area contributed by atoms with Crippen LogP contribution in [-0.4, -0.2) is 26.5 Å². The summed E-state index contributed by atoms with van der Waals surface area (Å²) < 4.78 is 1.88. The number of fused-ring (bicyclic) bond motifs is 1. The number of carbonyl (C=O) groups is 2. The summed E-state index contributed by atoms with van der Waals surface area (Å²) in [6.45, 7) is 2.44. The Hall–Kier alpha value is -2.37. The van der Waals surface area contributed by atoms with Crippen molar-refractivity contribution in [3.05, 3.63) is 29.6 Å². The fourth-order valence-corrected chi connectivity index (χ4v) is 2.25. The van der Waals surface area contributed by atoms with Crippen molar-refractivity contribution in [2.45, 2.75) is 32.7 Å². The van der Waals surface area contributed by atoms with E-state index >= 15 is 0 Å². The van der Waals surface area contributed by atoms with Gasteiger partial charge in [0.25, 0.3) is 0 Å². The van der Waals surface area contributed by atoms with Gasteiger partial charge in [-0.05, 0) is 18.6 Å². The van der Waals surface area contributed by atoms with E-state index in [4.69, 9.17) is 5.73 Å². The van der Waals surface area contributed by atoms with E-state index < -0.39 is 5.97 Å². The van der Waals surface area contributed by atoms with Gasteiger partial charge in [-0.25, -0.2) is 9.78 Å². The molecular weight excluding hydrogens is 258 g/mol. The number of carbonyl (C=O) groups excluding carboxylic acids is 1. The molecule has 0 atom stereocenters. The van der Waals surface area contributed by atoms with Crippen molar-refractivity contribution in [1.29, 1.82) is 0 Å². The van der Waals surface area contributed by atoms with Gasteiger partial charge in [0.05, 0.1) is 11.1 Å². The number of aryl methyl sites for hydroxylation is 2. The van der Waals surface area contributed by atoms with Crippen LogP contribution in [0.25, 0.3) is 11.0 Å². The van der Waals surface area contributed by atoms with Crippen LogP contribution in [0.2, 0.25) is 0 Å². The molecule has 6 nitrogen and oxygen atoms in total. The molecule has 0 bridgehead atoms. The number of aromatic nitrogens is 2. The lowest BCUT2D eigenvalue weighted by Gasteiger charge is -2.07. The molecule has 0 aliphatic rings. The lowest BCUT2D eigenvalue weighted by Crippen LogP contribution is -2.15. The Kier molecular flexibility index (Phi) is 4.02. The first-order valence-corrected chi connectivity index (χ1v) is 6.54. The minimum Gasteiger partial charge on any atom is -0.478 e. The molecule has 2 rings (SSSR count). The van der Waals surface area contributed by atoms with Crippen LogP contribution in [0.3, 0.4) is 0 Å². The average Bonchev–Trinajstić information content (AvgIpc) is 2.73. The summed E-state index contributed by atoms with van der Waals surface area (Å²) in [5.74, 6) is -0.598. The average molecular weight is 275 g/mol. The van der Waals surface area contributed by atoms with E-state index in [1.807, 2.05) is 17.6 Å². The van der Waals surface area contributed by atoms with Crippen LogP contribution in [0.5, 0.6) is 0 Å². The van der Waals surface area contributed by atoms with Crippen molar-refractivity contribution in [2.24, 2.45) is 5.73 Å². The number of benzene rings is 1. The fourth-order valence-electron chi connectivity index (χ4n) is 2.25. The Morgan fingerprint density at radius 3 is 2.75 bits per heavy atom. The van der Waals surface area contributed by atoms with Crippen LogP contribution >= 0.6 is 0 Å². The van der Waals surface area contributed by atoms with E-state index in [9.17, 15) is 14.7 Å². The van der Waals surface area contributed by atoms with Crippen molar-refractivity contribution in [2.75, 3.05) is 0 Å². The number of carboxylic acids is 1. The molecular formula is C14H17N3O3. The van der Waals surface area contributed by atoms with Crippen LogP contribution in [0, 0.1) is 0 Å². The molecule has 1 aromatic carbocycles. The maximum absolute atomic E-state index is 11.2. The molecule has 6 heteroatoms. The van der Waals surface area contributed by atoms with Crippen molar-refractivity contribution < 1.29 is 14.7 Å². The van der Waals surface area contributed by atoms with Crippen LogP contribution in [0.4, 0.5) is 0 Å². The molecule has 1 heterocycles. The largest absolute Gasteiger partial charge is 0.478 e. The predicted octanol–water partition coefficient (Wildman–Crippen LogP) is 1.56. The fraction of sp³-hybridized carbons (Fsp3) is 0.357. The normalized spacial score (nSPS) is 10.8. The van der Waals surface area contributed by atoms with Gasteiger partial charge in [0.15, 0.2) is 0 Å². The second kappa shape index (κ2) is 5.73. The summed E-state index contributed by atoms with van der Waals surface area (Å²) in [6.07, 6.45) is 1.83. The first-order chi connectivity index (χ1) is 9.54. The zero-order valence-electron chi connectivity index (χ0n) is 11.3. The van der Waals surface area contributed by atoms with Crippen LogP contribution in [0.15, 0.2) is 18.2 Å². The Morgan fingerprint density at radius 2 is 2.15 bits per heavy atom. The van der Waals surface area contributed by atoms with Gasteiger partial charge in [-0.2, -0.15) is 0 Å². The predicted molar refractivity (Wildman–Crippen MR) is 74.5 cm³/mol. The summed E-state index contributed by atoms with van der Waals surface area (Å²) in [7, 11) is 0. The summed E-state index contributed by atoms with van der Waals surface area (Å²) in [4.78, 5) is 26.6. The van der Waals surface area contributed by atoms with E-state index in [2.05, 4.69) is 4.98 Å². The van der Waals surface area contributed by atoms with Crippen molar-refractivity contribution in [3.8, 4) is 0 Å². The third kappa shape index (κ3) is 2.64. The van der Waals surface area contributed by atoms with E-state index in [1.54, 1.807) is 6.07 Å². The maximum Gasteiger partial charge on any atom is 0.337 e. The zero-order chi connectivity index (χ0) is 14.7. The summed E-state index contributed by atoms with van der Waals surface area (Å²) >= 11 is 0. The number of hydrogen-bond donors (Lipinski definition) is 2. The lowest BCUT2D eigenvalue weighted by atomic mass is 10.2. The molecule has 0 radical (unpaired) electrons. The number of para-hydroxylation sites is 1. The molecule has 0 saturated heterocycles. The number of imidazole rings is 1. The molecule has 1 amide bonds. The van der Waals surface area contributed by atoms with Crippen molar-refractivity contribution >= 4 is 22.9 Å². The first kappa shape index (κ1) is 14.0. The van der Waals surface area contributed by atoms with Gasteiger partial charge in [0.1, 0.15) is 11.3 Å². The Labute approximate surface area is 116 Å².